The molecule has 0 heterocycles. The molecule has 3 rings (SSSR count). The van der Waals surface area contributed by atoms with Crippen molar-refractivity contribution in [2.75, 3.05) is 7.11 Å². The van der Waals surface area contributed by atoms with Crippen LogP contribution in [0.15, 0.2) is 29.2 Å². The number of hydrogen-bond donors (Lipinski definition) is 1. The predicted molar refractivity (Wildman–Crippen MR) is 77.3 cm³/mol. The van der Waals surface area contributed by atoms with Gasteiger partial charge in [0.2, 0.25) is 10.0 Å². The van der Waals surface area contributed by atoms with E-state index in [4.69, 9.17) is 0 Å². The van der Waals surface area contributed by atoms with Gasteiger partial charge in [-0.3, -0.25) is 0 Å². The first-order valence-electron chi connectivity index (χ1n) is 7.22. The molecule has 1 aromatic rings. The number of hydrogen-bond acceptors (Lipinski definition) is 4. The van der Waals surface area contributed by atoms with Crippen LogP contribution in [-0.2, 0) is 14.8 Å². The molecule has 2 fully saturated rings. The second kappa shape index (κ2) is 5.42. The molecule has 0 unspecified atom stereocenters. The van der Waals surface area contributed by atoms with E-state index >= 15 is 0 Å². The highest BCUT2D eigenvalue weighted by Crippen LogP contribution is 2.45. The second-order valence-corrected chi connectivity index (χ2v) is 7.55. The SMILES string of the molecule is COC(=O)c1ccc(S(=O)(=O)NC(C2CC2)C2CC2)cc1. The number of ether oxygens (including phenoxy) is 1. The Labute approximate surface area is 124 Å². The zero-order valence-electron chi connectivity index (χ0n) is 11.9. The fraction of sp³-hybridized carbons (Fsp3) is 0.533. The van der Waals surface area contributed by atoms with Gasteiger partial charge in [0.05, 0.1) is 17.6 Å². The van der Waals surface area contributed by atoms with Crippen LogP contribution in [0.3, 0.4) is 0 Å². The van der Waals surface area contributed by atoms with E-state index in [-0.39, 0.29) is 10.9 Å². The van der Waals surface area contributed by atoms with E-state index in [9.17, 15) is 13.2 Å². The number of carbonyl (C=O) groups excluding carboxylic acids is 1. The first-order valence-corrected chi connectivity index (χ1v) is 8.70. The summed E-state index contributed by atoms with van der Waals surface area (Å²) in [6.45, 7) is 0. The Hall–Kier alpha value is -1.40. The minimum absolute atomic E-state index is 0.0790. The molecule has 6 heteroatoms. The molecule has 2 aliphatic carbocycles. The van der Waals surface area contributed by atoms with Crippen molar-refractivity contribution in [3.63, 3.8) is 0 Å². The predicted octanol–water partition coefficient (Wildman–Crippen LogP) is 1.94. The minimum atomic E-state index is -3.52. The van der Waals surface area contributed by atoms with Gasteiger partial charge in [0.15, 0.2) is 0 Å². The van der Waals surface area contributed by atoms with Crippen molar-refractivity contribution in [2.45, 2.75) is 36.6 Å². The van der Waals surface area contributed by atoms with Crippen LogP contribution in [0.4, 0.5) is 0 Å². The molecule has 5 nitrogen and oxygen atoms in total. The standard InChI is InChI=1S/C15H19NO4S/c1-20-15(17)12-6-8-13(9-7-12)21(18,19)16-14(10-2-3-10)11-4-5-11/h6-11,14,16H,2-5H2,1H3. The largest absolute Gasteiger partial charge is 0.465 e. The van der Waals surface area contributed by atoms with Crippen LogP contribution >= 0.6 is 0 Å². The van der Waals surface area contributed by atoms with Crippen molar-refractivity contribution in [1.82, 2.24) is 4.72 Å². The van der Waals surface area contributed by atoms with Gasteiger partial charge in [-0.25, -0.2) is 17.9 Å². The van der Waals surface area contributed by atoms with Crippen molar-refractivity contribution in [3.8, 4) is 0 Å². The maximum atomic E-state index is 12.4. The number of nitrogens with one attached hydrogen (secondary N) is 1. The average Bonchev–Trinajstić information content (AvgIpc) is 3.37. The second-order valence-electron chi connectivity index (χ2n) is 5.84. The summed E-state index contributed by atoms with van der Waals surface area (Å²) in [6.07, 6.45) is 4.46. The van der Waals surface area contributed by atoms with Crippen molar-refractivity contribution in [1.29, 1.82) is 0 Å². The van der Waals surface area contributed by atoms with Gasteiger partial charge in [0.25, 0.3) is 0 Å². The third-order valence-electron chi connectivity index (χ3n) is 4.14. The highest BCUT2D eigenvalue weighted by molar-refractivity contribution is 7.89. The van der Waals surface area contributed by atoms with Crippen molar-refractivity contribution in [2.24, 2.45) is 11.8 Å². The van der Waals surface area contributed by atoms with Crippen LogP contribution in [-0.4, -0.2) is 27.5 Å². The molecule has 0 bridgehead atoms. The van der Waals surface area contributed by atoms with Crippen molar-refractivity contribution in [3.05, 3.63) is 29.8 Å². The normalized spacial score (nSPS) is 18.8. The van der Waals surface area contributed by atoms with Crippen LogP contribution in [0.5, 0.6) is 0 Å². The topological polar surface area (TPSA) is 72.5 Å². The molecule has 0 amide bonds. The third-order valence-corrected chi connectivity index (χ3v) is 5.61. The molecule has 0 atom stereocenters. The third kappa shape index (κ3) is 3.27. The fourth-order valence-corrected chi connectivity index (χ4v) is 4.00. The van der Waals surface area contributed by atoms with Gasteiger partial charge >= 0.3 is 5.97 Å². The summed E-state index contributed by atoms with van der Waals surface area (Å²) >= 11 is 0. The smallest absolute Gasteiger partial charge is 0.337 e. The summed E-state index contributed by atoms with van der Waals surface area (Å²) in [5.74, 6) is 0.531. The molecular formula is C15H19NO4S. The molecule has 21 heavy (non-hydrogen) atoms. The molecule has 1 N–H and O–H groups in total. The summed E-state index contributed by atoms with van der Waals surface area (Å²) in [6, 6.07) is 5.93. The van der Waals surface area contributed by atoms with Gasteiger partial charge in [0.1, 0.15) is 0 Å². The number of carbonyl (C=O) groups is 1. The van der Waals surface area contributed by atoms with E-state index < -0.39 is 16.0 Å². The molecule has 1 aromatic carbocycles. The summed E-state index contributed by atoms with van der Waals surface area (Å²) in [4.78, 5) is 11.6. The Kier molecular flexibility index (Phi) is 3.75. The van der Waals surface area contributed by atoms with E-state index in [1.54, 1.807) is 0 Å². The Bertz CT molecular complexity index is 618. The Morgan fingerprint density at radius 1 is 1.14 bits per heavy atom. The van der Waals surface area contributed by atoms with Gasteiger partial charge in [-0.2, -0.15) is 0 Å². The van der Waals surface area contributed by atoms with Crippen molar-refractivity contribution >= 4 is 16.0 Å². The zero-order valence-corrected chi connectivity index (χ0v) is 12.7. The van der Waals surface area contributed by atoms with Gasteiger partial charge in [0, 0.05) is 6.04 Å². The van der Waals surface area contributed by atoms with E-state index in [1.165, 1.54) is 31.4 Å². The van der Waals surface area contributed by atoms with Crippen LogP contribution in [0, 0.1) is 11.8 Å². The first-order chi connectivity index (χ1) is 10.0. The quantitative estimate of drug-likeness (QED) is 0.815. The number of benzene rings is 1. The number of esters is 1. The molecule has 0 saturated heterocycles. The summed E-state index contributed by atoms with van der Waals surface area (Å²) in [5, 5.41) is 0. The molecule has 0 aromatic heterocycles. The summed E-state index contributed by atoms with van der Waals surface area (Å²) in [7, 11) is -2.22. The minimum Gasteiger partial charge on any atom is -0.465 e. The number of methoxy groups -OCH3 is 1. The first kappa shape index (κ1) is 14.5. The number of rotatable bonds is 6. The van der Waals surface area contributed by atoms with E-state index in [2.05, 4.69) is 9.46 Å². The fourth-order valence-electron chi connectivity index (χ4n) is 2.62. The van der Waals surface area contributed by atoms with E-state index in [0.29, 0.717) is 17.4 Å². The molecule has 2 aliphatic rings. The monoisotopic (exact) mass is 309 g/mol. The Balaban J connectivity index is 1.76. The summed E-state index contributed by atoms with van der Waals surface area (Å²) in [5.41, 5.74) is 0.345. The lowest BCUT2D eigenvalue weighted by Crippen LogP contribution is -2.38. The van der Waals surface area contributed by atoms with Crippen LogP contribution in [0.25, 0.3) is 0 Å². The zero-order chi connectivity index (χ0) is 15.0. The lowest BCUT2D eigenvalue weighted by Gasteiger charge is -2.17. The number of sulfonamides is 1. The summed E-state index contributed by atoms with van der Waals surface area (Å²) < 4.78 is 32.3. The van der Waals surface area contributed by atoms with Gasteiger partial charge in [-0.1, -0.05) is 0 Å². The van der Waals surface area contributed by atoms with Crippen LogP contribution in [0.2, 0.25) is 0 Å². The highest BCUT2D eigenvalue weighted by Gasteiger charge is 2.43. The average molecular weight is 309 g/mol. The van der Waals surface area contributed by atoms with Gasteiger partial charge in [-0.15, -0.1) is 0 Å². The molecule has 114 valence electrons. The molecular weight excluding hydrogens is 290 g/mol. The van der Waals surface area contributed by atoms with E-state index in [1.807, 2.05) is 0 Å². The van der Waals surface area contributed by atoms with Crippen molar-refractivity contribution < 1.29 is 17.9 Å². The van der Waals surface area contributed by atoms with Crippen LogP contribution < -0.4 is 4.72 Å². The van der Waals surface area contributed by atoms with Crippen LogP contribution in [0.1, 0.15) is 36.0 Å². The highest BCUT2D eigenvalue weighted by atomic mass is 32.2. The molecule has 0 aliphatic heterocycles. The van der Waals surface area contributed by atoms with Gasteiger partial charge in [-0.05, 0) is 61.8 Å². The molecule has 2 saturated carbocycles. The maximum absolute atomic E-state index is 12.4. The lowest BCUT2D eigenvalue weighted by atomic mass is 10.1. The maximum Gasteiger partial charge on any atom is 0.337 e. The van der Waals surface area contributed by atoms with Gasteiger partial charge < -0.3 is 4.74 Å². The Morgan fingerprint density at radius 2 is 1.67 bits per heavy atom. The Morgan fingerprint density at radius 3 is 2.10 bits per heavy atom. The molecule has 0 radical (unpaired) electrons. The van der Waals surface area contributed by atoms with E-state index in [0.717, 1.165) is 25.7 Å². The lowest BCUT2D eigenvalue weighted by molar-refractivity contribution is 0.0600. The molecule has 0 spiro atoms.